The largest absolute Gasteiger partial charge is 0.492 e. The van der Waals surface area contributed by atoms with Crippen molar-refractivity contribution in [3.63, 3.8) is 0 Å². The number of hydrogen-bond acceptors (Lipinski definition) is 5. The van der Waals surface area contributed by atoms with Gasteiger partial charge in [-0.15, -0.1) is 0 Å². The summed E-state index contributed by atoms with van der Waals surface area (Å²) in [5, 5.41) is 3.18. The Morgan fingerprint density at radius 1 is 1.00 bits per heavy atom. The molecule has 0 radical (unpaired) electrons. The normalized spacial score (nSPS) is 15.9. The highest BCUT2D eigenvalue weighted by molar-refractivity contribution is 5.98. The number of hydrogen-bond donors (Lipinski definition) is 1. The number of ketones is 1. The Bertz CT molecular complexity index is 913. The number of fused-ring (bicyclic) bond motifs is 1. The Kier molecular flexibility index (Phi) is 5.10. The van der Waals surface area contributed by atoms with Crippen molar-refractivity contribution < 1.29 is 9.53 Å². The lowest BCUT2D eigenvalue weighted by Gasteiger charge is -2.23. The Morgan fingerprint density at radius 3 is 2.52 bits per heavy atom. The molecule has 5 heteroatoms. The summed E-state index contributed by atoms with van der Waals surface area (Å²) >= 11 is 0. The Labute approximate surface area is 158 Å². The van der Waals surface area contributed by atoms with Gasteiger partial charge >= 0.3 is 0 Å². The molecule has 0 saturated carbocycles. The lowest BCUT2D eigenvalue weighted by Crippen LogP contribution is -2.22. The zero-order valence-electron chi connectivity index (χ0n) is 15.0. The minimum atomic E-state index is 0.115. The van der Waals surface area contributed by atoms with Gasteiger partial charge in [-0.2, -0.15) is 0 Å². The smallest absolute Gasteiger partial charge is 0.223 e. The zero-order valence-corrected chi connectivity index (χ0v) is 15.0. The summed E-state index contributed by atoms with van der Waals surface area (Å²) in [5.74, 6) is 1.66. The van der Waals surface area contributed by atoms with Crippen LogP contribution in [-0.4, -0.2) is 28.9 Å². The van der Waals surface area contributed by atoms with Gasteiger partial charge in [0, 0.05) is 12.6 Å². The first-order valence-electron chi connectivity index (χ1n) is 9.15. The summed E-state index contributed by atoms with van der Waals surface area (Å²) in [7, 11) is 0. The van der Waals surface area contributed by atoms with Crippen LogP contribution in [0.5, 0.6) is 5.75 Å². The predicted molar refractivity (Wildman–Crippen MR) is 104 cm³/mol. The molecule has 0 amide bonds. The second kappa shape index (κ2) is 7.99. The maximum absolute atomic E-state index is 12.5. The molecule has 1 heterocycles. The van der Waals surface area contributed by atoms with Crippen molar-refractivity contribution in [2.45, 2.75) is 18.8 Å². The number of aromatic nitrogens is 2. The van der Waals surface area contributed by atoms with Crippen LogP contribution in [0, 0.1) is 0 Å². The number of carbonyl (C=O) groups is 1. The number of para-hydroxylation sites is 1. The Hall–Kier alpha value is -3.21. The maximum Gasteiger partial charge on any atom is 0.223 e. The van der Waals surface area contributed by atoms with Gasteiger partial charge in [-0.1, -0.05) is 48.5 Å². The van der Waals surface area contributed by atoms with Crippen molar-refractivity contribution in [1.29, 1.82) is 0 Å². The van der Waals surface area contributed by atoms with Crippen molar-refractivity contribution in [3.8, 4) is 5.75 Å². The van der Waals surface area contributed by atoms with Crippen LogP contribution in [0.15, 0.2) is 66.9 Å². The molecule has 5 nitrogen and oxygen atoms in total. The molecule has 0 saturated heterocycles. The van der Waals surface area contributed by atoms with Crippen LogP contribution in [0.3, 0.4) is 0 Å². The minimum absolute atomic E-state index is 0.115. The van der Waals surface area contributed by atoms with Crippen LogP contribution in [0.2, 0.25) is 0 Å². The molecule has 3 aromatic rings. The average Bonchev–Trinajstić information content (AvgIpc) is 2.72. The lowest BCUT2D eigenvalue weighted by molar-refractivity contribution is 0.0962. The molecule has 1 aliphatic carbocycles. The van der Waals surface area contributed by atoms with Gasteiger partial charge in [-0.3, -0.25) is 4.79 Å². The van der Waals surface area contributed by atoms with E-state index in [0.717, 1.165) is 17.9 Å². The molecule has 1 aliphatic rings. The highest BCUT2D eigenvalue weighted by atomic mass is 16.5. The standard InChI is InChI=1S/C22H21N3O2/c26-21-14-17(16-7-3-1-4-8-16)13-20-19(21)15-24-22(25-20)23-11-12-27-18-9-5-2-6-10-18/h1-10,15,17H,11-14H2,(H,23,24,25). The molecule has 4 rings (SSSR count). The van der Waals surface area contributed by atoms with E-state index in [9.17, 15) is 4.79 Å². The van der Waals surface area contributed by atoms with Crippen LogP contribution in [0.25, 0.3) is 0 Å². The minimum Gasteiger partial charge on any atom is -0.492 e. The van der Waals surface area contributed by atoms with Crippen molar-refractivity contribution >= 4 is 11.7 Å². The second-order valence-electron chi connectivity index (χ2n) is 6.58. The van der Waals surface area contributed by atoms with Gasteiger partial charge < -0.3 is 10.1 Å². The number of carbonyl (C=O) groups excluding carboxylic acids is 1. The molecule has 2 aromatic carbocycles. The molecule has 1 unspecified atom stereocenters. The van der Waals surface area contributed by atoms with E-state index in [1.54, 1.807) is 6.20 Å². The van der Waals surface area contributed by atoms with Crippen LogP contribution in [0.4, 0.5) is 5.95 Å². The first-order valence-corrected chi connectivity index (χ1v) is 9.15. The molecule has 1 aromatic heterocycles. The average molecular weight is 359 g/mol. The van der Waals surface area contributed by atoms with Crippen molar-refractivity contribution in [2.75, 3.05) is 18.5 Å². The van der Waals surface area contributed by atoms with E-state index < -0.39 is 0 Å². The van der Waals surface area contributed by atoms with E-state index in [1.807, 2.05) is 48.5 Å². The summed E-state index contributed by atoms with van der Waals surface area (Å²) < 4.78 is 5.66. The molecule has 136 valence electrons. The fourth-order valence-electron chi connectivity index (χ4n) is 3.34. The Balaban J connectivity index is 1.40. The fourth-order valence-corrected chi connectivity index (χ4v) is 3.34. The van der Waals surface area contributed by atoms with Gasteiger partial charge in [0.05, 0.1) is 17.8 Å². The van der Waals surface area contributed by atoms with Gasteiger partial charge in [0.15, 0.2) is 5.78 Å². The molecular weight excluding hydrogens is 338 g/mol. The number of anilines is 1. The van der Waals surface area contributed by atoms with Gasteiger partial charge in [-0.05, 0) is 30.0 Å². The van der Waals surface area contributed by atoms with E-state index in [0.29, 0.717) is 31.1 Å². The van der Waals surface area contributed by atoms with Gasteiger partial charge in [-0.25, -0.2) is 9.97 Å². The predicted octanol–water partition coefficient (Wildman–Crippen LogP) is 3.88. The van der Waals surface area contributed by atoms with Crippen LogP contribution in [0.1, 0.15) is 34.0 Å². The number of rotatable bonds is 6. The molecule has 1 atom stereocenters. The SMILES string of the molecule is O=C1CC(c2ccccc2)Cc2nc(NCCOc3ccccc3)ncc21. The fraction of sp³-hybridized carbons (Fsp3) is 0.227. The first-order chi connectivity index (χ1) is 13.3. The van der Waals surface area contributed by atoms with E-state index in [1.165, 1.54) is 5.56 Å². The van der Waals surface area contributed by atoms with Crippen molar-refractivity contribution in [3.05, 3.63) is 83.7 Å². The number of nitrogens with zero attached hydrogens (tertiary/aromatic N) is 2. The Morgan fingerprint density at radius 2 is 1.74 bits per heavy atom. The van der Waals surface area contributed by atoms with E-state index in [-0.39, 0.29) is 11.7 Å². The van der Waals surface area contributed by atoms with E-state index in [2.05, 4.69) is 27.4 Å². The van der Waals surface area contributed by atoms with Crippen molar-refractivity contribution in [1.82, 2.24) is 9.97 Å². The molecule has 0 spiro atoms. The summed E-state index contributed by atoms with van der Waals surface area (Å²) in [4.78, 5) is 21.3. The van der Waals surface area contributed by atoms with E-state index >= 15 is 0 Å². The van der Waals surface area contributed by atoms with Crippen molar-refractivity contribution in [2.24, 2.45) is 0 Å². The topological polar surface area (TPSA) is 64.1 Å². The summed E-state index contributed by atoms with van der Waals surface area (Å²) in [6.45, 7) is 1.10. The van der Waals surface area contributed by atoms with Gasteiger partial charge in [0.25, 0.3) is 0 Å². The van der Waals surface area contributed by atoms with Gasteiger partial charge in [0.2, 0.25) is 5.95 Å². The highest BCUT2D eigenvalue weighted by Crippen LogP contribution is 2.31. The lowest BCUT2D eigenvalue weighted by atomic mass is 9.82. The number of benzene rings is 2. The first kappa shape index (κ1) is 17.2. The second-order valence-corrected chi connectivity index (χ2v) is 6.58. The van der Waals surface area contributed by atoms with Gasteiger partial charge in [0.1, 0.15) is 12.4 Å². The maximum atomic E-state index is 12.5. The molecule has 0 aliphatic heterocycles. The molecule has 0 bridgehead atoms. The molecule has 27 heavy (non-hydrogen) atoms. The van der Waals surface area contributed by atoms with Crippen LogP contribution >= 0.6 is 0 Å². The number of Topliss-reactive ketones (excluding diaryl/α,β-unsaturated/α-hetero) is 1. The zero-order chi connectivity index (χ0) is 18.5. The van der Waals surface area contributed by atoms with E-state index in [4.69, 9.17) is 4.74 Å². The monoisotopic (exact) mass is 359 g/mol. The summed E-state index contributed by atoms with van der Waals surface area (Å²) in [5.41, 5.74) is 2.65. The summed E-state index contributed by atoms with van der Waals surface area (Å²) in [6, 6.07) is 19.8. The molecule has 1 N–H and O–H groups in total. The number of ether oxygens (including phenoxy) is 1. The van der Waals surface area contributed by atoms with Crippen LogP contribution in [-0.2, 0) is 6.42 Å². The third-order valence-corrected chi connectivity index (χ3v) is 4.71. The quantitative estimate of drug-likeness (QED) is 0.677. The molecular formula is C22H21N3O2. The number of nitrogens with one attached hydrogen (secondary N) is 1. The third-order valence-electron chi connectivity index (χ3n) is 4.71. The summed E-state index contributed by atoms with van der Waals surface area (Å²) in [6.07, 6.45) is 2.91. The third kappa shape index (κ3) is 4.14. The van der Waals surface area contributed by atoms with Crippen LogP contribution < -0.4 is 10.1 Å². The molecule has 0 fully saturated rings. The highest BCUT2D eigenvalue weighted by Gasteiger charge is 2.27.